The second-order valence-electron chi connectivity index (χ2n) is 8.67. The highest BCUT2D eigenvalue weighted by Crippen LogP contribution is 2.33. The van der Waals surface area contributed by atoms with Gasteiger partial charge >= 0.3 is 6.03 Å². The summed E-state index contributed by atoms with van der Waals surface area (Å²) in [5.74, 6) is 0.446. The van der Waals surface area contributed by atoms with E-state index >= 15 is 0 Å². The molecule has 4 rings (SSSR count). The van der Waals surface area contributed by atoms with Gasteiger partial charge in [0.1, 0.15) is 17.8 Å². The Labute approximate surface area is 187 Å². The summed E-state index contributed by atoms with van der Waals surface area (Å²) in [7, 11) is 0. The number of benzene rings is 1. The van der Waals surface area contributed by atoms with E-state index in [4.69, 9.17) is 4.74 Å². The Balaban J connectivity index is 1.34. The Morgan fingerprint density at radius 2 is 1.84 bits per heavy atom. The summed E-state index contributed by atoms with van der Waals surface area (Å²) in [6.07, 6.45) is 5.75. The normalized spacial score (nSPS) is 17.4. The summed E-state index contributed by atoms with van der Waals surface area (Å²) in [6.45, 7) is 3.95. The molecule has 0 radical (unpaired) electrons. The van der Waals surface area contributed by atoms with Crippen LogP contribution in [-0.2, 0) is 16.1 Å². The van der Waals surface area contributed by atoms with E-state index in [1.165, 1.54) is 0 Å². The van der Waals surface area contributed by atoms with E-state index in [0.29, 0.717) is 24.5 Å². The maximum absolute atomic E-state index is 12.8. The van der Waals surface area contributed by atoms with Crippen LogP contribution in [0.25, 0.3) is 0 Å². The molecular formula is C24H28N4O4. The van der Waals surface area contributed by atoms with Gasteiger partial charge in [-0.2, -0.15) is 0 Å². The van der Waals surface area contributed by atoms with Gasteiger partial charge in [-0.15, -0.1) is 0 Å². The second kappa shape index (κ2) is 8.98. The molecule has 0 atom stereocenters. The van der Waals surface area contributed by atoms with Crippen LogP contribution in [0.2, 0.25) is 0 Å². The number of pyridine rings is 1. The summed E-state index contributed by atoms with van der Waals surface area (Å²) in [5.41, 5.74) is 2.17. The van der Waals surface area contributed by atoms with Crippen molar-refractivity contribution in [1.29, 1.82) is 0 Å². The lowest BCUT2D eigenvalue weighted by Crippen LogP contribution is -2.49. The van der Waals surface area contributed by atoms with Crippen LogP contribution in [0.3, 0.4) is 0 Å². The van der Waals surface area contributed by atoms with Gasteiger partial charge in [-0.1, -0.05) is 25.3 Å². The van der Waals surface area contributed by atoms with Crippen LogP contribution in [0.4, 0.5) is 4.79 Å². The van der Waals surface area contributed by atoms with Crippen molar-refractivity contribution in [3.05, 3.63) is 53.2 Å². The van der Waals surface area contributed by atoms with Crippen molar-refractivity contribution < 1.29 is 19.1 Å². The zero-order valence-electron chi connectivity index (χ0n) is 18.4. The predicted octanol–water partition coefficient (Wildman–Crippen LogP) is 3.36. The highest BCUT2D eigenvalue weighted by atomic mass is 16.5. The van der Waals surface area contributed by atoms with Crippen molar-refractivity contribution in [3.8, 4) is 11.6 Å². The van der Waals surface area contributed by atoms with Crippen LogP contribution in [-0.4, -0.2) is 39.8 Å². The number of aryl methyl sites for hydroxylation is 2. The number of nitrogens with one attached hydrogen (secondary N) is 2. The van der Waals surface area contributed by atoms with Crippen LogP contribution in [0.1, 0.15) is 48.8 Å². The largest absolute Gasteiger partial charge is 0.439 e. The first-order valence-corrected chi connectivity index (χ1v) is 11.0. The fourth-order valence-corrected chi connectivity index (χ4v) is 4.44. The molecule has 0 bridgehead atoms. The van der Waals surface area contributed by atoms with Gasteiger partial charge in [0.2, 0.25) is 11.8 Å². The third-order valence-corrected chi connectivity index (χ3v) is 5.96. The minimum absolute atomic E-state index is 0.235. The SMILES string of the molecule is Cc1cc(C)cc(Oc2cc(CNC(=O)CN3C(=O)NC4(CCCCC4)C3=O)ccn2)c1. The van der Waals surface area contributed by atoms with E-state index in [1.807, 2.05) is 26.0 Å². The Morgan fingerprint density at radius 1 is 1.12 bits per heavy atom. The van der Waals surface area contributed by atoms with Gasteiger partial charge in [-0.05, 0) is 61.6 Å². The average molecular weight is 437 g/mol. The molecule has 0 unspecified atom stereocenters. The molecule has 1 aliphatic carbocycles. The molecule has 32 heavy (non-hydrogen) atoms. The number of aromatic nitrogens is 1. The maximum atomic E-state index is 12.8. The molecule has 2 aliphatic rings. The number of urea groups is 1. The number of imide groups is 1. The molecule has 8 heteroatoms. The molecule has 2 aromatic rings. The smallest absolute Gasteiger partial charge is 0.325 e. The van der Waals surface area contributed by atoms with Crippen molar-refractivity contribution in [2.75, 3.05) is 6.54 Å². The lowest BCUT2D eigenvalue weighted by Gasteiger charge is -2.30. The summed E-state index contributed by atoms with van der Waals surface area (Å²) >= 11 is 0. The van der Waals surface area contributed by atoms with Gasteiger partial charge in [0.25, 0.3) is 5.91 Å². The third-order valence-electron chi connectivity index (χ3n) is 5.96. The van der Waals surface area contributed by atoms with Crippen molar-refractivity contribution in [1.82, 2.24) is 20.5 Å². The molecule has 1 aromatic heterocycles. The molecule has 2 fully saturated rings. The first-order chi connectivity index (χ1) is 15.3. The maximum Gasteiger partial charge on any atom is 0.325 e. The molecule has 1 saturated heterocycles. The fourth-order valence-electron chi connectivity index (χ4n) is 4.44. The van der Waals surface area contributed by atoms with Gasteiger partial charge in [0.05, 0.1) is 0 Å². The molecule has 1 spiro atoms. The van der Waals surface area contributed by atoms with E-state index in [9.17, 15) is 14.4 Å². The van der Waals surface area contributed by atoms with Crippen LogP contribution in [0.15, 0.2) is 36.5 Å². The van der Waals surface area contributed by atoms with E-state index < -0.39 is 17.5 Å². The predicted molar refractivity (Wildman–Crippen MR) is 118 cm³/mol. The quantitative estimate of drug-likeness (QED) is 0.677. The Bertz CT molecular complexity index is 1030. The number of hydrogen-bond acceptors (Lipinski definition) is 5. The highest BCUT2D eigenvalue weighted by molar-refractivity contribution is 6.09. The Morgan fingerprint density at radius 3 is 2.56 bits per heavy atom. The Hall–Kier alpha value is -3.42. The van der Waals surface area contributed by atoms with Gasteiger partial charge < -0.3 is 15.4 Å². The zero-order valence-corrected chi connectivity index (χ0v) is 18.4. The van der Waals surface area contributed by atoms with Crippen molar-refractivity contribution in [3.63, 3.8) is 0 Å². The zero-order chi connectivity index (χ0) is 22.7. The van der Waals surface area contributed by atoms with Gasteiger partial charge in [-0.25, -0.2) is 9.78 Å². The van der Waals surface area contributed by atoms with E-state index in [0.717, 1.165) is 40.9 Å². The van der Waals surface area contributed by atoms with Gasteiger partial charge in [0, 0.05) is 18.8 Å². The molecule has 8 nitrogen and oxygen atoms in total. The molecule has 1 aromatic carbocycles. The number of amides is 4. The molecule has 4 amide bonds. The van der Waals surface area contributed by atoms with Crippen molar-refractivity contribution in [2.45, 2.75) is 58.0 Å². The fraction of sp³-hybridized carbons (Fsp3) is 0.417. The van der Waals surface area contributed by atoms with Gasteiger partial charge in [0.15, 0.2) is 0 Å². The van der Waals surface area contributed by atoms with Crippen LogP contribution < -0.4 is 15.4 Å². The van der Waals surface area contributed by atoms with Crippen molar-refractivity contribution in [2.24, 2.45) is 0 Å². The number of hydrogen-bond donors (Lipinski definition) is 2. The van der Waals surface area contributed by atoms with Crippen LogP contribution in [0, 0.1) is 13.8 Å². The monoisotopic (exact) mass is 436 g/mol. The lowest BCUT2D eigenvalue weighted by molar-refractivity contribution is -0.135. The van der Waals surface area contributed by atoms with Gasteiger partial charge in [-0.3, -0.25) is 14.5 Å². The average Bonchev–Trinajstić information content (AvgIpc) is 2.96. The van der Waals surface area contributed by atoms with Crippen LogP contribution in [0.5, 0.6) is 11.6 Å². The van der Waals surface area contributed by atoms with E-state index in [2.05, 4.69) is 21.7 Å². The van der Waals surface area contributed by atoms with Crippen molar-refractivity contribution >= 4 is 17.8 Å². The minimum Gasteiger partial charge on any atom is -0.439 e. The van der Waals surface area contributed by atoms with E-state index in [1.54, 1.807) is 18.3 Å². The summed E-state index contributed by atoms with van der Waals surface area (Å²) in [4.78, 5) is 42.8. The lowest BCUT2D eigenvalue weighted by atomic mass is 9.82. The first-order valence-electron chi connectivity index (χ1n) is 11.0. The molecule has 1 saturated carbocycles. The molecule has 1 aliphatic heterocycles. The third kappa shape index (κ3) is 4.74. The molecule has 2 heterocycles. The summed E-state index contributed by atoms with van der Waals surface area (Å²) < 4.78 is 5.86. The number of carbonyl (C=O) groups excluding carboxylic acids is 3. The molecular weight excluding hydrogens is 408 g/mol. The minimum atomic E-state index is -0.818. The summed E-state index contributed by atoms with van der Waals surface area (Å²) in [5, 5.41) is 5.59. The van der Waals surface area contributed by atoms with E-state index in [-0.39, 0.29) is 19.0 Å². The highest BCUT2D eigenvalue weighted by Gasteiger charge is 2.51. The number of rotatable bonds is 6. The second-order valence-corrected chi connectivity index (χ2v) is 8.67. The first kappa shape index (κ1) is 21.8. The standard InChI is InChI=1S/C24H28N4O4/c1-16-10-17(2)12-19(11-16)32-21-13-18(6-9-25-21)14-26-20(29)15-28-22(30)24(27-23(28)31)7-4-3-5-8-24/h6,9-13H,3-5,7-8,14-15H2,1-2H3,(H,26,29)(H,27,31). The number of carbonyl (C=O) groups is 3. The van der Waals surface area contributed by atoms with Crippen LogP contribution >= 0.6 is 0 Å². The Kier molecular flexibility index (Phi) is 6.12. The summed E-state index contributed by atoms with van der Waals surface area (Å²) in [6, 6.07) is 8.97. The number of nitrogens with zero attached hydrogens (tertiary/aromatic N) is 2. The molecule has 168 valence electrons. The number of ether oxygens (including phenoxy) is 1. The molecule has 2 N–H and O–H groups in total. The topological polar surface area (TPSA) is 101 Å².